The van der Waals surface area contributed by atoms with Crippen LogP contribution in [-0.4, -0.2) is 17.5 Å². The summed E-state index contributed by atoms with van der Waals surface area (Å²) in [5, 5.41) is 0. The van der Waals surface area contributed by atoms with Crippen LogP contribution in [0.25, 0.3) is 0 Å². The average molecular weight is 312 g/mol. The van der Waals surface area contributed by atoms with Crippen LogP contribution < -0.4 is 0 Å². The van der Waals surface area contributed by atoms with Gasteiger partial charge in [0.2, 0.25) is 0 Å². The maximum Gasteiger partial charge on any atom is 0.336 e. The summed E-state index contributed by atoms with van der Waals surface area (Å²) in [6, 6.07) is 6.99. The zero-order valence-electron chi connectivity index (χ0n) is 13.7. The van der Waals surface area contributed by atoms with Crippen LogP contribution in [0.1, 0.15) is 57.5 Å². The number of carbonyl (C=O) groups excluding carboxylic acids is 1. The molecule has 0 amide bonds. The van der Waals surface area contributed by atoms with E-state index in [4.69, 9.17) is 9.05 Å². The van der Waals surface area contributed by atoms with Gasteiger partial charge in [0, 0.05) is 5.56 Å². The van der Waals surface area contributed by atoms with Gasteiger partial charge in [-0.2, -0.15) is 0 Å². The van der Waals surface area contributed by atoms with Gasteiger partial charge in [0.15, 0.2) is 0 Å². The number of benzene rings is 1. The molecule has 21 heavy (non-hydrogen) atoms. The maximum absolute atomic E-state index is 13.1. The number of aldehydes is 1. The van der Waals surface area contributed by atoms with Crippen molar-refractivity contribution in [3.8, 4) is 0 Å². The lowest BCUT2D eigenvalue weighted by atomic mass is 10.2. The topological polar surface area (TPSA) is 52.6 Å². The molecule has 1 aromatic carbocycles. The molecule has 0 aromatic heterocycles. The van der Waals surface area contributed by atoms with Crippen molar-refractivity contribution in [3.05, 3.63) is 35.4 Å². The Balaban J connectivity index is 3.06. The lowest BCUT2D eigenvalue weighted by molar-refractivity contribution is 0.0485. The summed E-state index contributed by atoms with van der Waals surface area (Å²) < 4.78 is 24.5. The molecule has 0 radical (unpaired) electrons. The fraction of sp³-hybridized carbons (Fsp3) is 0.562. The van der Waals surface area contributed by atoms with Crippen molar-refractivity contribution < 1.29 is 18.4 Å². The van der Waals surface area contributed by atoms with Gasteiger partial charge in [-0.15, -0.1) is 0 Å². The molecule has 0 saturated heterocycles. The Hall–Kier alpha value is -0.960. The normalized spacial score (nSPS) is 13.2. The van der Waals surface area contributed by atoms with Crippen molar-refractivity contribution in [3.63, 3.8) is 0 Å². The molecule has 1 aromatic rings. The third kappa shape index (κ3) is 7.03. The minimum atomic E-state index is -3.33. The monoisotopic (exact) mass is 312 g/mol. The van der Waals surface area contributed by atoms with Gasteiger partial charge in [0.1, 0.15) is 6.29 Å². The highest BCUT2D eigenvalue weighted by molar-refractivity contribution is 7.53. The van der Waals surface area contributed by atoms with Gasteiger partial charge in [0.25, 0.3) is 0 Å². The minimum Gasteiger partial charge on any atom is -0.303 e. The average Bonchev–Trinajstić information content (AvgIpc) is 2.23. The fourth-order valence-corrected chi connectivity index (χ4v) is 4.39. The second-order valence-corrected chi connectivity index (χ2v) is 8.94. The molecule has 0 bridgehead atoms. The quantitative estimate of drug-likeness (QED) is 0.577. The molecule has 0 saturated carbocycles. The van der Waals surface area contributed by atoms with Crippen LogP contribution in [0.4, 0.5) is 0 Å². The molecule has 0 spiro atoms. The predicted octanol–water partition coefficient (Wildman–Crippen LogP) is 4.82. The summed E-state index contributed by atoms with van der Waals surface area (Å²) in [4.78, 5) is 10.9. The molecule has 0 atom stereocenters. The lowest BCUT2D eigenvalue weighted by Crippen LogP contribution is -2.24. The first-order valence-corrected chi connectivity index (χ1v) is 8.70. The summed E-state index contributed by atoms with van der Waals surface area (Å²) in [6.45, 7) is 11.0. The van der Waals surface area contributed by atoms with Gasteiger partial charge < -0.3 is 9.05 Å². The molecule has 118 valence electrons. The Morgan fingerprint density at radius 2 is 1.57 bits per heavy atom. The highest BCUT2D eigenvalue weighted by Gasteiger charge is 2.35. The van der Waals surface area contributed by atoms with Crippen LogP contribution in [0.3, 0.4) is 0 Å². The Labute approximate surface area is 127 Å². The zero-order chi connectivity index (χ0) is 16.3. The molecule has 4 nitrogen and oxygen atoms in total. The van der Waals surface area contributed by atoms with Crippen molar-refractivity contribution in [1.82, 2.24) is 0 Å². The van der Waals surface area contributed by atoms with E-state index in [1.807, 2.05) is 47.6 Å². The summed E-state index contributed by atoms with van der Waals surface area (Å²) >= 11 is 0. The van der Waals surface area contributed by atoms with Crippen LogP contribution >= 0.6 is 7.60 Å². The first-order chi connectivity index (χ1) is 9.42. The predicted molar refractivity (Wildman–Crippen MR) is 84.8 cm³/mol. The van der Waals surface area contributed by atoms with Crippen LogP contribution in [-0.2, 0) is 19.8 Å². The third-order valence-electron chi connectivity index (χ3n) is 2.29. The SMILES string of the molecule is CC(C)(C)OP(=O)(Cc1cccc(C=O)c1)OC(C)(C)C. The van der Waals surface area contributed by atoms with Crippen LogP contribution in [0.15, 0.2) is 24.3 Å². The second-order valence-electron chi connectivity index (χ2n) is 7.04. The highest BCUT2D eigenvalue weighted by Crippen LogP contribution is 2.56. The van der Waals surface area contributed by atoms with Gasteiger partial charge in [-0.3, -0.25) is 9.36 Å². The van der Waals surface area contributed by atoms with E-state index in [0.717, 1.165) is 11.8 Å². The Morgan fingerprint density at radius 3 is 2.00 bits per heavy atom. The lowest BCUT2D eigenvalue weighted by Gasteiger charge is -2.32. The Bertz CT molecular complexity index is 518. The second kappa shape index (κ2) is 6.43. The largest absolute Gasteiger partial charge is 0.336 e. The van der Waals surface area contributed by atoms with E-state index in [0.29, 0.717) is 5.56 Å². The van der Waals surface area contributed by atoms with Crippen molar-refractivity contribution in [2.75, 3.05) is 0 Å². The Morgan fingerprint density at radius 1 is 1.05 bits per heavy atom. The van der Waals surface area contributed by atoms with E-state index < -0.39 is 18.8 Å². The summed E-state index contributed by atoms with van der Waals surface area (Å²) in [7, 11) is -3.33. The molecule has 0 aliphatic rings. The van der Waals surface area contributed by atoms with Gasteiger partial charge in [0.05, 0.1) is 17.4 Å². The van der Waals surface area contributed by atoms with Crippen molar-refractivity contribution in [2.24, 2.45) is 0 Å². The highest BCUT2D eigenvalue weighted by atomic mass is 31.2. The zero-order valence-corrected chi connectivity index (χ0v) is 14.6. The maximum atomic E-state index is 13.1. The smallest absolute Gasteiger partial charge is 0.303 e. The van der Waals surface area contributed by atoms with E-state index in [9.17, 15) is 9.36 Å². The first-order valence-electron chi connectivity index (χ1n) is 6.97. The fourth-order valence-electron chi connectivity index (χ4n) is 1.91. The van der Waals surface area contributed by atoms with Gasteiger partial charge in [-0.25, -0.2) is 0 Å². The van der Waals surface area contributed by atoms with E-state index in [-0.39, 0.29) is 6.16 Å². The first kappa shape index (κ1) is 18.1. The van der Waals surface area contributed by atoms with Gasteiger partial charge >= 0.3 is 7.60 Å². The molecular weight excluding hydrogens is 287 g/mol. The van der Waals surface area contributed by atoms with Gasteiger partial charge in [-0.1, -0.05) is 18.2 Å². The van der Waals surface area contributed by atoms with Crippen molar-refractivity contribution in [2.45, 2.75) is 58.9 Å². The van der Waals surface area contributed by atoms with Crippen LogP contribution in [0, 0.1) is 0 Å². The molecule has 0 fully saturated rings. The molecule has 0 unspecified atom stereocenters. The molecule has 0 heterocycles. The summed E-state index contributed by atoms with van der Waals surface area (Å²) in [5.74, 6) is 0. The number of hydrogen-bond donors (Lipinski definition) is 0. The molecule has 0 N–H and O–H groups in total. The van der Waals surface area contributed by atoms with E-state index in [1.54, 1.807) is 18.2 Å². The third-order valence-corrected chi connectivity index (χ3v) is 4.69. The van der Waals surface area contributed by atoms with E-state index in [1.165, 1.54) is 0 Å². The Kier molecular flexibility index (Phi) is 5.54. The molecule has 1 rings (SSSR count). The van der Waals surface area contributed by atoms with E-state index in [2.05, 4.69) is 0 Å². The minimum absolute atomic E-state index is 0.142. The number of carbonyl (C=O) groups is 1. The van der Waals surface area contributed by atoms with Crippen LogP contribution in [0.2, 0.25) is 0 Å². The molecule has 0 aliphatic heterocycles. The number of rotatable bonds is 5. The molecular formula is C16H25O4P. The van der Waals surface area contributed by atoms with E-state index >= 15 is 0 Å². The standard InChI is InChI=1S/C16H25O4P/c1-15(2,3)19-21(18,20-16(4,5)6)12-14-9-7-8-13(10-14)11-17/h7-11H,12H2,1-6H3. The summed E-state index contributed by atoms with van der Waals surface area (Å²) in [5.41, 5.74) is 0.147. The van der Waals surface area contributed by atoms with Crippen LogP contribution in [0.5, 0.6) is 0 Å². The molecule has 5 heteroatoms. The van der Waals surface area contributed by atoms with Crippen molar-refractivity contribution in [1.29, 1.82) is 0 Å². The van der Waals surface area contributed by atoms with Gasteiger partial charge in [-0.05, 0) is 53.2 Å². The number of hydrogen-bond acceptors (Lipinski definition) is 4. The van der Waals surface area contributed by atoms with Crippen molar-refractivity contribution >= 4 is 13.9 Å². The summed E-state index contributed by atoms with van der Waals surface area (Å²) in [6.07, 6.45) is 0.910. The molecule has 0 aliphatic carbocycles.